The molecule has 41 heavy (non-hydrogen) atoms. The number of rotatable bonds is 16. The molecule has 1 fully saturated rings. The summed E-state index contributed by atoms with van der Waals surface area (Å²) in [6, 6.07) is 8.07. The summed E-state index contributed by atoms with van der Waals surface area (Å²) in [7, 11) is 1.48. The zero-order valence-corrected chi connectivity index (χ0v) is 24.2. The molecule has 0 unspecified atom stereocenters. The molecular weight excluding hydrogens is 529 g/mol. The summed E-state index contributed by atoms with van der Waals surface area (Å²) in [5, 5.41) is 27.0. The van der Waals surface area contributed by atoms with Gasteiger partial charge in [-0.05, 0) is 75.8 Å². The van der Waals surface area contributed by atoms with Gasteiger partial charge in [0.05, 0.1) is 11.6 Å². The molecule has 0 bridgehead atoms. The lowest BCUT2D eigenvalue weighted by atomic mass is 10.0. The average molecular weight is 572 g/mol. The highest BCUT2D eigenvalue weighted by atomic mass is 19.1. The van der Waals surface area contributed by atoms with E-state index in [2.05, 4.69) is 17.6 Å². The number of ether oxygens (including phenoxy) is 1. The number of phenols is 1. The van der Waals surface area contributed by atoms with Crippen LogP contribution >= 0.6 is 0 Å². The van der Waals surface area contributed by atoms with Crippen molar-refractivity contribution in [1.82, 2.24) is 15.5 Å². The number of hydrogen-bond donors (Lipinski definition) is 4. The van der Waals surface area contributed by atoms with Crippen LogP contribution in [0.3, 0.4) is 0 Å². The van der Waals surface area contributed by atoms with Crippen molar-refractivity contribution in [3.63, 3.8) is 0 Å². The smallest absolute Gasteiger partial charge is 0.243 e. The minimum absolute atomic E-state index is 0.180. The molecule has 2 aromatic carbocycles. The van der Waals surface area contributed by atoms with Crippen LogP contribution in [0, 0.1) is 5.82 Å². The molecule has 1 aliphatic rings. The van der Waals surface area contributed by atoms with Crippen molar-refractivity contribution in [2.24, 2.45) is 0 Å². The highest BCUT2D eigenvalue weighted by molar-refractivity contribution is 5.91. The van der Waals surface area contributed by atoms with E-state index >= 15 is 0 Å². The van der Waals surface area contributed by atoms with Crippen LogP contribution in [0.2, 0.25) is 0 Å². The number of unbranched alkanes of at least 4 members (excludes halogenated alkanes) is 1. The number of amides is 2. The van der Waals surface area contributed by atoms with E-state index < -0.39 is 41.4 Å². The van der Waals surface area contributed by atoms with Crippen molar-refractivity contribution in [3.05, 3.63) is 59.4 Å². The Morgan fingerprint density at radius 2 is 1.85 bits per heavy atom. The summed E-state index contributed by atoms with van der Waals surface area (Å²) in [5.41, 5.74) is 0.190. The minimum Gasteiger partial charge on any atom is -0.508 e. The Kier molecular flexibility index (Phi) is 11.3. The fraction of sp³-hybridized carbons (Fsp3) is 0.516. The predicted molar refractivity (Wildman–Crippen MR) is 153 cm³/mol. The van der Waals surface area contributed by atoms with Crippen molar-refractivity contribution in [3.8, 4) is 11.5 Å². The van der Waals surface area contributed by atoms with E-state index in [9.17, 15) is 29.0 Å². The Morgan fingerprint density at radius 3 is 2.46 bits per heavy atom. The first-order chi connectivity index (χ1) is 19.5. The second-order valence-corrected chi connectivity index (χ2v) is 10.9. The largest absolute Gasteiger partial charge is 0.508 e. The Hall–Kier alpha value is -3.50. The minimum atomic E-state index is -1.23. The monoisotopic (exact) mass is 571 g/mol. The maximum absolute atomic E-state index is 13.5. The zero-order chi connectivity index (χ0) is 30.2. The molecule has 0 radical (unpaired) electrons. The maximum atomic E-state index is 13.5. The van der Waals surface area contributed by atoms with E-state index in [0.29, 0.717) is 36.9 Å². The molecule has 4 atom stereocenters. The Labute approximate surface area is 241 Å². The van der Waals surface area contributed by atoms with Gasteiger partial charge in [-0.3, -0.25) is 14.9 Å². The van der Waals surface area contributed by atoms with Crippen LogP contribution in [0.4, 0.5) is 4.39 Å². The highest BCUT2D eigenvalue weighted by Gasteiger charge is 2.52. The molecule has 0 heterocycles. The first-order valence-electron chi connectivity index (χ1n) is 14.2. The summed E-state index contributed by atoms with van der Waals surface area (Å²) >= 11 is 0. The fourth-order valence-corrected chi connectivity index (χ4v) is 4.62. The Balaban J connectivity index is 1.60. The number of halogens is 1. The van der Waals surface area contributed by atoms with Gasteiger partial charge in [0.25, 0.3) is 0 Å². The number of nitrogens with zero attached hydrogens (tertiary/aromatic N) is 1. The number of aliphatic hydroxyl groups is 1. The third-order valence-electron chi connectivity index (χ3n) is 7.54. The van der Waals surface area contributed by atoms with Crippen molar-refractivity contribution < 1.29 is 33.7 Å². The standard InChI is InChI=1S/C31H42FN3O6/c1-5-6-8-25-26(37)9-7-10-27(25)41-20(2)18-33-28(31(40)15-16-31)30(39)35(4)21(3)29(38)34-24(19-36)17-22-11-13-23(32)14-12-22/h7,9-14,19-21,24,28,33,37,40H,5-6,8,15-18H2,1-4H3,(H,34,38)/t20-,21-,24-,28-/m1/s1. The molecular formula is C31H42FN3O6. The van der Waals surface area contributed by atoms with Gasteiger partial charge in [-0.25, -0.2) is 4.39 Å². The van der Waals surface area contributed by atoms with Gasteiger partial charge in [-0.2, -0.15) is 0 Å². The Bertz CT molecular complexity index is 1190. The van der Waals surface area contributed by atoms with Gasteiger partial charge < -0.3 is 30.0 Å². The van der Waals surface area contributed by atoms with Crippen LogP contribution in [0.5, 0.6) is 11.5 Å². The van der Waals surface area contributed by atoms with Crippen molar-refractivity contribution in [2.45, 2.75) is 89.1 Å². The van der Waals surface area contributed by atoms with Gasteiger partial charge in [0, 0.05) is 19.2 Å². The lowest BCUT2D eigenvalue weighted by molar-refractivity contribution is -0.143. The summed E-state index contributed by atoms with van der Waals surface area (Å²) in [5.74, 6) is -0.621. The van der Waals surface area contributed by atoms with Gasteiger partial charge in [-0.15, -0.1) is 0 Å². The molecule has 10 heteroatoms. The number of aromatic hydroxyl groups is 1. The maximum Gasteiger partial charge on any atom is 0.243 e. The molecule has 3 rings (SSSR count). The molecule has 0 aliphatic heterocycles. The number of hydrogen-bond acceptors (Lipinski definition) is 7. The van der Waals surface area contributed by atoms with E-state index in [1.54, 1.807) is 37.3 Å². The molecule has 0 spiro atoms. The first kappa shape index (κ1) is 32.0. The summed E-state index contributed by atoms with van der Waals surface area (Å²) in [6.45, 7) is 5.69. The highest BCUT2D eigenvalue weighted by Crippen LogP contribution is 2.39. The zero-order valence-electron chi connectivity index (χ0n) is 24.2. The normalized spacial score (nSPS) is 16.6. The summed E-state index contributed by atoms with van der Waals surface area (Å²) in [4.78, 5) is 39.3. The third-order valence-corrected chi connectivity index (χ3v) is 7.54. The quantitative estimate of drug-likeness (QED) is 0.228. The van der Waals surface area contributed by atoms with E-state index in [1.807, 2.05) is 6.92 Å². The van der Waals surface area contributed by atoms with Gasteiger partial charge in [0.15, 0.2) is 0 Å². The molecule has 4 N–H and O–H groups in total. The second kappa shape index (κ2) is 14.4. The van der Waals surface area contributed by atoms with Crippen LogP contribution in [0.1, 0.15) is 57.6 Å². The molecule has 1 aliphatic carbocycles. The molecule has 0 saturated heterocycles. The number of carbonyl (C=O) groups excluding carboxylic acids is 3. The average Bonchev–Trinajstić information content (AvgIpc) is 3.70. The Morgan fingerprint density at radius 1 is 1.17 bits per heavy atom. The number of likely N-dealkylation sites (N-methyl/N-ethyl adjacent to an activating group) is 1. The lowest BCUT2D eigenvalue weighted by Gasteiger charge is -2.32. The topological polar surface area (TPSA) is 128 Å². The van der Waals surface area contributed by atoms with Crippen molar-refractivity contribution in [1.29, 1.82) is 0 Å². The van der Waals surface area contributed by atoms with Crippen LogP contribution in [0.15, 0.2) is 42.5 Å². The summed E-state index contributed by atoms with van der Waals surface area (Å²) < 4.78 is 19.3. The third kappa shape index (κ3) is 8.74. The van der Waals surface area contributed by atoms with Gasteiger partial charge in [0.1, 0.15) is 41.8 Å². The number of carbonyl (C=O) groups is 3. The van der Waals surface area contributed by atoms with E-state index in [-0.39, 0.29) is 24.8 Å². The van der Waals surface area contributed by atoms with Crippen LogP contribution < -0.4 is 15.4 Å². The van der Waals surface area contributed by atoms with Gasteiger partial charge >= 0.3 is 0 Å². The molecule has 2 aromatic rings. The van der Waals surface area contributed by atoms with E-state index in [4.69, 9.17) is 4.74 Å². The number of aldehydes is 1. The van der Waals surface area contributed by atoms with Crippen molar-refractivity contribution >= 4 is 18.1 Å². The number of nitrogens with one attached hydrogen (secondary N) is 2. The lowest BCUT2D eigenvalue weighted by Crippen LogP contribution is -2.58. The van der Waals surface area contributed by atoms with Crippen LogP contribution in [-0.4, -0.2) is 76.6 Å². The molecule has 1 saturated carbocycles. The SMILES string of the molecule is CCCCc1c(O)cccc1O[C@H](C)CN[C@H](C(=O)N(C)[C@H](C)C(=O)N[C@@H](C=O)Cc1ccc(F)cc1)C1(O)CC1. The van der Waals surface area contributed by atoms with Crippen LogP contribution in [0.25, 0.3) is 0 Å². The predicted octanol–water partition coefficient (Wildman–Crippen LogP) is 2.90. The van der Waals surface area contributed by atoms with Gasteiger partial charge in [0.2, 0.25) is 11.8 Å². The van der Waals surface area contributed by atoms with E-state index in [1.165, 1.54) is 24.1 Å². The molecule has 0 aromatic heterocycles. The molecule has 224 valence electrons. The first-order valence-corrected chi connectivity index (χ1v) is 14.2. The van der Waals surface area contributed by atoms with Gasteiger partial charge in [-0.1, -0.05) is 31.5 Å². The number of phenolic OH excluding ortho intramolecular Hbond substituents is 1. The second-order valence-electron chi connectivity index (χ2n) is 10.9. The molecule has 2 amide bonds. The van der Waals surface area contributed by atoms with E-state index in [0.717, 1.165) is 18.4 Å². The van der Waals surface area contributed by atoms with Crippen molar-refractivity contribution in [2.75, 3.05) is 13.6 Å². The molecule has 9 nitrogen and oxygen atoms in total. The number of benzene rings is 2. The van der Waals surface area contributed by atoms with Crippen LogP contribution in [-0.2, 0) is 27.2 Å². The summed E-state index contributed by atoms with van der Waals surface area (Å²) in [6.07, 6.45) is 3.84. The fourth-order valence-electron chi connectivity index (χ4n) is 4.62.